The lowest BCUT2D eigenvalue weighted by Crippen LogP contribution is -2.37. The number of aromatic nitrogens is 1. The van der Waals surface area contributed by atoms with Gasteiger partial charge in [0.1, 0.15) is 23.0 Å². The third kappa shape index (κ3) is 5.10. The number of ether oxygens (including phenoxy) is 2. The Morgan fingerprint density at radius 1 is 1.18 bits per heavy atom. The second kappa shape index (κ2) is 11.4. The van der Waals surface area contributed by atoms with Crippen LogP contribution in [0, 0.1) is 6.92 Å². The summed E-state index contributed by atoms with van der Waals surface area (Å²) in [6.07, 6.45) is 1.62. The van der Waals surface area contributed by atoms with Gasteiger partial charge in [0, 0.05) is 11.5 Å². The second-order valence-electron chi connectivity index (χ2n) is 8.67. The first-order valence-corrected chi connectivity index (χ1v) is 12.9. The van der Waals surface area contributed by atoms with E-state index in [2.05, 4.69) is 11.6 Å². The van der Waals surface area contributed by atoms with Gasteiger partial charge in [0.05, 0.1) is 23.9 Å². The number of anilines is 1. The Morgan fingerprint density at radius 2 is 1.87 bits per heavy atom. The molecule has 196 valence electrons. The normalized spacial score (nSPS) is 17.3. The Kier molecular flexibility index (Phi) is 8.07. The number of thiazole rings is 1. The average Bonchev–Trinajstić information content (AvgIpc) is 3.44. The Hall–Kier alpha value is -4.24. The smallest absolute Gasteiger partial charge is 0.350 e. The number of hydrogen-bond acceptors (Lipinski definition) is 8. The molecule has 2 atom stereocenters. The number of benzene rings is 2. The largest absolute Gasteiger partial charge is 0.507 e. The van der Waals surface area contributed by atoms with Crippen LogP contribution in [0.2, 0.25) is 0 Å². The van der Waals surface area contributed by atoms with Crippen LogP contribution in [0.1, 0.15) is 46.3 Å². The number of rotatable bonds is 9. The summed E-state index contributed by atoms with van der Waals surface area (Å²) in [6, 6.07) is 15.1. The van der Waals surface area contributed by atoms with Gasteiger partial charge in [-0.05, 0) is 43.7 Å². The number of hydrogen-bond donors (Lipinski definition) is 1. The van der Waals surface area contributed by atoms with Crippen molar-refractivity contribution in [3.05, 3.63) is 94.5 Å². The number of aliphatic hydroxyl groups is 1. The lowest BCUT2D eigenvalue weighted by molar-refractivity contribution is -0.132. The zero-order valence-electron chi connectivity index (χ0n) is 21.3. The van der Waals surface area contributed by atoms with Crippen molar-refractivity contribution in [1.82, 2.24) is 4.98 Å². The summed E-state index contributed by atoms with van der Waals surface area (Å²) >= 11 is 0.984. The lowest BCUT2D eigenvalue weighted by Gasteiger charge is -2.28. The van der Waals surface area contributed by atoms with Gasteiger partial charge in [0.2, 0.25) is 0 Å². The van der Waals surface area contributed by atoms with E-state index in [1.54, 1.807) is 44.2 Å². The molecule has 3 aromatic rings. The van der Waals surface area contributed by atoms with Crippen molar-refractivity contribution in [2.45, 2.75) is 32.7 Å². The molecular formula is C29H28N2O6S. The first-order chi connectivity index (χ1) is 18.3. The maximum absolute atomic E-state index is 13.4. The number of carbonyl (C=O) groups excluding carboxylic acids is 3. The average molecular weight is 533 g/mol. The number of Topliss-reactive ketones (excluding diaryl/α,β-unsaturated/α-hetero) is 1. The maximum Gasteiger partial charge on any atom is 0.350 e. The van der Waals surface area contributed by atoms with Crippen molar-refractivity contribution in [1.29, 1.82) is 0 Å². The number of ketones is 1. The van der Waals surface area contributed by atoms with E-state index >= 15 is 0 Å². The highest BCUT2D eigenvalue weighted by atomic mass is 32.1. The molecule has 0 aliphatic carbocycles. The minimum absolute atomic E-state index is 0.0309. The lowest BCUT2D eigenvalue weighted by atomic mass is 9.87. The van der Waals surface area contributed by atoms with Gasteiger partial charge in [-0.2, -0.15) is 0 Å². The Labute approximate surface area is 224 Å². The molecule has 38 heavy (non-hydrogen) atoms. The van der Waals surface area contributed by atoms with Crippen molar-refractivity contribution in [2.75, 3.05) is 18.1 Å². The van der Waals surface area contributed by atoms with E-state index in [1.165, 1.54) is 4.90 Å². The van der Waals surface area contributed by atoms with Crippen LogP contribution in [-0.4, -0.2) is 47.0 Å². The van der Waals surface area contributed by atoms with Crippen molar-refractivity contribution >= 4 is 39.9 Å². The van der Waals surface area contributed by atoms with E-state index in [0.29, 0.717) is 23.6 Å². The molecule has 8 nitrogen and oxygen atoms in total. The molecule has 2 unspecified atom stereocenters. The van der Waals surface area contributed by atoms with Crippen LogP contribution < -0.4 is 9.64 Å². The predicted molar refractivity (Wildman–Crippen MR) is 146 cm³/mol. The van der Waals surface area contributed by atoms with E-state index in [4.69, 9.17) is 9.47 Å². The maximum atomic E-state index is 13.4. The first-order valence-electron chi connectivity index (χ1n) is 12.1. The zero-order valence-corrected chi connectivity index (χ0v) is 22.2. The predicted octanol–water partition coefficient (Wildman–Crippen LogP) is 5.25. The monoisotopic (exact) mass is 532 g/mol. The summed E-state index contributed by atoms with van der Waals surface area (Å²) in [7, 11) is 0. The molecule has 2 aromatic carbocycles. The number of esters is 1. The number of nitrogens with zero attached hydrogens (tertiary/aromatic N) is 2. The van der Waals surface area contributed by atoms with Crippen molar-refractivity contribution in [3.8, 4) is 5.75 Å². The summed E-state index contributed by atoms with van der Waals surface area (Å²) in [5, 5.41) is 11.5. The molecule has 2 heterocycles. The number of carbonyl (C=O) groups is 3. The third-order valence-corrected chi connectivity index (χ3v) is 7.37. The number of amides is 1. The van der Waals surface area contributed by atoms with Crippen LogP contribution in [-0.2, 0) is 14.3 Å². The molecule has 1 saturated heterocycles. The van der Waals surface area contributed by atoms with Crippen molar-refractivity contribution < 1.29 is 29.0 Å². The molecule has 0 radical (unpaired) electrons. The Balaban J connectivity index is 1.84. The van der Waals surface area contributed by atoms with Crippen LogP contribution in [0.4, 0.5) is 5.13 Å². The number of aryl methyl sites for hydroxylation is 1. The fraction of sp³-hybridized carbons (Fsp3) is 0.241. The highest BCUT2D eigenvalue weighted by Crippen LogP contribution is 2.41. The molecule has 0 spiro atoms. The molecule has 1 aliphatic rings. The molecule has 1 amide bonds. The quantitative estimate of drug-likeness (QED) is 0.132. The molecule has 1 aromatic heterocycles. The van der Waals surface area contributed by atoms with Crippen molar-refractivity contribution in [3.63, 3.8) is 0 Å². The molecule has 9 heteroatoms. The van der Waals surface area contributed by atoms with Crippen LogP contribution in [0.3, 0.4) is 0 Å². The molecule has 4 rings (SSSR count). The van der Waals surface area contributed by atoms with E-state index < -0.39 is 29.6 Å². The highest BCUT2D eigenvalue weighted by molar-refractivity contribution is 7.17. The highest BCUT2D eigenvalue weighted by Gasteiger charge is 2.50. The second-order valence-corrected chi connectivity index (χ2v) is 9.64. The summed E-state index contributed by atoms with van der Waals surface area (Å²) in [6.45, 7) is 9.37. The van der Waals surface area contributed by atoms with Crippen LogP contribution in [0.5, 0.6) is 5.75 Å². The fourth-order valence-corrected chi connectivity index (χ4v) is 5.37. The minimum Gasteiger partial charge on any atom is -0.507 e. The molecule has 1 fully saturated rings. The Morgan fingerprint density at radius 3 is 2.50 bits per heavy atom. The topological polar surface area (TPSA) is 106 Å². The van der Waals surface area contributed by atoms with E-state index in [9.17, 15) is 19.5 Å². The van der Waals surface area contributed by atoms with E-state index in [-0.39, 0.29) is 27.9 Å². The van der Waals surface area contributed by atoms with Gasteiger partial charge in [-0.15, -0.1) is 0 Å². The van der Waals surface area contributed by atoms with Gasteiger partial charge >= 0.3 is 11.9 Å². The van der Waals surface area contributed by atoms with Crippen molar-refractivity contribution in [2.24, 2.45) is 0 Å². The summed E-state index contributed by atoms with van der Waals surface area (Å²) in [5.74, 6) is -2.32. The molecule has 0 bridgehead atoms. The van der Waals surface area contributed by atoms with Crippen LogP contribution in [0.15, 0.2) is 72.8 Å². The molecular weight excluding hydrogens is 504 g/mol. The molecule has 0 saturated carbocycles. The zero-order chi connectivity index (χ0) is 27.4. The van der Waals surface area contributed by atoms with Gasteiger partial charge in [-0.3, -0.25) is 14.5 Å². The summed E-state index contributed by atoms with van der Waals surface area (Å²) < 4.78 is 10.6. The fourth-order valence-electron chi connectivity index (χ4n) is 4.37. The standard InChI is InChI=1S/C29H28N2O6S/c1-5-16-37-21-14-12-20(13-15-21)24(32)22-23(17(3)19-10-8-7-9-11-19)31(27(34)25(22)33)29-30-18(4)26(38-29)28(35)36-6-2/h5,7-15,17,23,32H,1,6,16H2,2-4H3/b24-22+. The van der Waals surface area contributed by atoms with Crippen LogP contribution in [0.25, 0.3) is 5.76 Å². The molecule has 1 aliphatic heterocycles. The van der Waals surface area contributed by atoms with Gasteiger partial charge in [-0.25, -0.2) is 9.78 Å². The Bertz CT molecular complexity index is 1390. The first kappa shape index (κ1) is 26.8. The van der Waals surface area contributed by atoms with Gasteiger partial charge in [0.25, 0.3) is 5.78 Å². The van der Waals surface area contributed by atoms with Gasteiger partial charge in [0.15, 0.2) is 5.13 Å². The van der Waals surface area contributed by atoms with Crippen LogP contribution >= 0.6 is 11.3 Å². The van der Waals surface area contributed by atoms with Gasteiger partial charge < -0.3 is 14.6 Å². The number of aliphatic hydroxyl groups excluding tert-OH is 1. The van der Waals surface area contributed by atoms with E-state index in [0.717, 1.165) is 16.9 Å². The molecule has 1 N–H and O–H groups in total. The van der Waals surface area contributed by atoms with Gasteiger partial charge in [-0.1, -0.05) is 61.2 Å². The SMILES string of the molecule is C=CCOc1ccc(/C(O)=C2\C(=O)C(=O)N(c3nc(C)c(C(=O)OCC)s3)C2C(C)c2ccccc2)cc1. The minimum atomic E-state index is -0.866. The summed E-state index contributed by atoms with van der Waals surface area (Å²) in [5.41, 5.74) is 1.59. The third-order valence-electron chi connectivity index (χ3n) is 6.23. The van der Waals surface area contributed by atoms with E-state index in [1.807, 2.05) is 37.3 Å². The summed E-state index contributed by atoms with van der Waals surface area (Å²) in [4.78, 5) is 45.3.